The predicted octanol–water partition coefficient (Wildman–Crippen LogP) is 1.42. The van der Waals surface area contributed by atoms with E-state index in [9.17, 15) is 9.59 Å². The van der Waals surface area contributed by atoms with Crippen LogP contribution in [-0.4, -0.2) is 24.4 Å². The molecule has 0 rings (SSSR count). The average Bonchev–Trinajstić information content (AvgIpc) is 2.26. The van der Waals surface area contributed by atoms with Crippen LogP contribution in [0.2, 0.25) is 0 Å². The lowest BCUT2D eigenvalue weighted by molar-refractivity contribution is -0.154. The number of esters is 1. The highest BCUT2D eigenvalue weighted by atomic mass is 16.5. The van der Waals surface area contributed by atoms with Gasteiger partial charge in [-0.05, 0) is 12.8 Å². The highest BCUT2D eigenvalue weighted by Crippen LogP contribution is 2.00. The number of ether oxygens (including phenoxy) is 1. The average molecular weight is 215 g/mol. The van der Waals surface area contributed by atoms with Crippen LogP contribution >= 0.6 is 0 Å². The molecule has 1 atom stereocenters. The molecule has 4 nitrogen and oxygen atoms in total. The first-order valence-electron chi connectivity index (χ1n) is 5.60. The molecule has 0 heterocycles. The van der Waals surface area contributed by atoms with E-state index in [1.165, 1.54) is 0 Å². The molecule has 0 spiro atoms. The van der Waals surface area contributed by atoms with Crippen molar-refractivity contribution in [2.24, 2.45) is 5.73 Å². The molecule has 0 aromatic rings. The van der Waals surface area contributed by atoms with Gasteiger partial charge in [-0.1, -0.05) is 33.1 Å². The Morgan fingerprint density at radius 1 is 1.20 bits per heavy atom. The lowest BCUT2D eigenvalue weighted by Gasteiger charge is -2.07. The van der Waals surface area contributed by atoms with E-state index in [2.05, 4.69) is 6.92 Å². The van der Waals surface area contributed by atoms with Gasteiger partial charge in [-0.15, -0.1) is 0 Å². The smallest absolute Gasteiger partial charge is 0.376 e. The number of nitrogens with two attached hydrogens (primary N) is 1. The zero-order valence-corrected chi connectivity index (χ0v) is 9.62. The van der Waals surface area contributed by atoms with E-state index in [4.69, 9.17) is 10.5 Å². The summed E-state index contributed by atoms with van der Waals surface area (Å²) >= 11 is 0. The van der Waals surface area contributed by atoms with Crippen LogP contribution < -0.4 is 5.73 Å². The van der Waals surface area contributed by atoms with Crippen molar-refractivity contribution < 1.29 is 14.3 Å². The first-order chi connectivity index (χ1) is 7.13. The summed E-state index contributed by atoms with van der Waals surface area (Å²) in [4.78, 5) is 22.3. The first-order valence-corrected chi connectivity index (χ1v) is 5.60. The second kappa shape index (κ2) is 8.41. The molecular formula is C11H21NO3. The molecule has 1 unspecified atom stereocenters. The lowest BCUT2D eigenvalue weighted by Crippen LogP contribution is -2.36. The summed E-state index contributed by atoms with van der Waals surface area (Å²) in [5, 5.41) is 0. The van der Waals surface area contributed by atoms with Gasteiger partial charge in [0, 0.05) is 0 Å². The van der Waals surface area contributed by atoms with E-state index >= 15 is 0 Å². The van der Waals surface area contributed by atoms with Crippen molar-refractivity contribution in [1.29, 1.82) is 0 Å². The predicted molar refractivity (Wildman–Crippen MR) is 58.4 cm³/mol. The van der Waals surface area contributed by atoms with Crippen molar-refractivity contribution >= 4 is 11.8 Å². The van der Waals surface area contributed by atoms with Crippen LogP contribution in [0.3, 0.4) is 0 Å². The van der Waals surface area contributed by atoms with E-state index in [0.29, 0.717) is 13.0 Å². The maximum absolute atomic E-state index is 11.2. The number of unbranched alkanes of at least 4 members (excludes halogenated alkanes) is 3. The molecule has 88 valence electrons. The zero-order valence-electron chi connectivity index (χ0n) is 9.62. The number of hydrogen-bond donors (Lipinski definition) is 1. The van der Waals surface area contributed by atoms with E-state index in [0.717, 1.165) is 25.7 Å². The molecule has 0 amide bonds. The molecule has 0 aromatic heterocycles. The molecule has 15 heavy (non-hydrogen) atoms. The van der Waals surface area contributed by atoms with Gasteiger partial charge >= 0.3 is 5.97 Å². The van der Waals surface area contributed by atoms with E-state index in [-0.39, 0.29) is 0 Å². The van der Waals surface area contributed by atoms with E-state index < -0.39 is 17.8 Å². The third-order valence-corrected chi connectivity index (χ3v) is 2.21. The Labute approximate surface area is 91.2 Å². The van der Waals surface area contributed by atoms with Gasteiger partial charge in [0.15, 0.2) is 0 Å². The number of carbonyl (C=O) groups is 2. The summed E-state index contributed by atoms with van der Waals surface area (Å²) in [5.41, 5.74) is 5.42. The van der Waals surface area contributed by atoms with Crippen LogP contribution in [0.25, 0.3) is 0 Å². The first kappa shape index (κ1) is 14.1. The van der Waals surface area contributed by atoms with Gasteiger partial charge < -0.3 is 10.5 Å². The van der Waals surface area contributed by atoms with E-state index in [1.54, 1.807) is 6.92 Å². The molecule has 0 saturated carbocycles. The Morgan fingerprint density at radius 2 is 1.87 bits per heavy atom. The minimum absolute atomic E-state index is 0.320. The number of hydrogen-bond acceptors (Lipinski definition) is 4. The SMILES string of the molecule is CCCCCCOC(=O)C(=O)C(N)CC. The van der Waals surface area contributed by atoms with Crippen molar-refractivity contribution in [2.75, 3.05) is 6.61 Å². The molecule has 0 aliphatic carbocycles. The summed E-state index contributed by atoms with van der Waals surface area (Å²) in [5.74, 6) is -1.41. The minimum atomic E-state index is -0.791. The van der Waals surface area contributed by atoms with Gasteiger partial charge in [-0.3, -0.25) is 4.79 Å². The van der Waals surface area contributed by atoms with Crippen LogP contribution in [0.4, 0.5) is 0 Å². The zero-order chi connectivity index (χ0) is 11.7. The number of rotatable bonds is 8. The van der Waals surface area contributed by atoms with Gasteiger partial charge in [0.05, 0.1) is 12.6 Å². The number of carbonyl (C=O) groups excluding carboxylic acids is 2. The molecule has 0 radical (unpaired) electrons. The molecule has 0 aromatic carbocycles. The molecule has 0 aliphatic heterocycles. The van der Waals surface area contributed by atoms with Crippen LogP contribution in [0.5, 0.6) is 0 Å². The van der Waals surface area contributed by atoms with Crippen LogP contribution in [-0.2, 0) is 14.3 Å². The molecule has 0 aliphatic rings. The fourth-order valence-corrected chi connectivity index (χ4v) is 1.10. The van der Waals surface area contributed by atoms with Gasteiger partial charge in [-0.2, -0.15) is 0 Å². The third-order valence-electron chi connectivity index (χ3n) is 2.21. The van der Waals surface area contributed by atoms with Gasteiger partial charge in [0.25, 0.3) is 5.78 Å². The van der Waals surface area contributed by atoms with Crippen molar-refractivity contribution in [1.82, 2.24) is 0 Å². The molecule has 0 saturated heterocycles. The van der Waals surface area contributed by atoms with Crippen molar-refractivity contribution in [3.05, 3.63) is 0 Å². The van der Waals surface area contributed by atoms with Gasteiger partial charge in [0.1, 0.15) is 0 Å². The monoisotopic (exact) mass is 215 g/mol. The highest BCUT2D eigenvalue weighted by molar-refractivity contribution is 6.35. The Balaban J connectivity index is 3.61. The summed E-state index contributed by atoms with van der Waals surface area (Å²) in [6.45, 7) is 4.19. The topological polar surface area (TPSA) is 69.4 Å². The second-order valence-electron chi connectivity index (χ2n) is 3.58. The summed E-state index contributed by atoms with van der Waals surface area (Å²) < 4.78 is 4.80. The fourth-order valence-electron chi connectivity index (χ4n) is 1.10. The molecule has 0 bridgehead atoms. The number of ketones is 1. The van der Waals surface area contributed by atoms with Crippen LogP contribution in [0.1, 0.15) is 46.0 Å². The van der Waals surface area contributed by atoms with Crippen molar-refractivity contribution in [2.45, 2.75) is 52.0 Å². The Kier molecular flexibility index (Phi) is 7.91. The quantitative estimate of drug-likeness (QED) is 0.377. The maximum Gasteiger partial charge on any atom is 0.376 e. The van der Waals surface area contributed by atoms with E-state index in [1.807, 2.05) is 0 Å². The minimum Gasteiger partial charge on any atom is -0.460 e. The molecule has 2 N–H and O–H groups in total. The molecule has 0 fully saturated rings. The Hall–Kier alpha value is -0.900. The number of Topliss-reactive ketones (excluding diaryl/α,β-unsaturated/α-hetero) is 1. The highest BCUT2D eigenvalue weighted by Gasteiger charge is 2.21. The second-order valence-corrected chi connectivity index (χ2v) is 3.58. The van der Waals surface area contributed by atoms with Crippen molar-refractivity contribution in [3.63, 3.8) is 0 Å². The van der Waals surface area contributed by atoms with Gasteiger partial charge in [0.2, 0.25) is 0 Å². The fraction of sp³-hybridized carbons (Fsp3) is 0.818. The Bertz CT molecular complexity index is 204. The lowest BCUT2D eigenvalue weighted by atomic mass is 10.1. The maximum atomic E-state index is 11.2. The largest absolute Gasteiger partial charge is 0.460 e. The standard InChI is InChI=1S/C11H21NO3/c1-3-5-6-7-8-15-11(14)10(13)9(12)4-2/h9H,3-8,12H2,1-2H3. The Morgan fingerprint density at radius 3 is 2.40 bits per heavy atom. The van der Waals surface area contributed by atoms with Crippen molar-refractivity contribution in [3.8, 4) is 0 Å². The normalized spacial score (nSPS) is 12.2. The van der Waals surface area contributed by atoms with Crippen LogP contribution in [0.15, 0.2) is 0 Å². The van der Waals surface area contributed by atoms with Crippen LogP contribution in [0, 0.1) is 0 Å². The third kappa shape index (κ3) is 6.23. The summed E-state index contributed by atoms with van der Waals surface area (Å²) in [6, 6.07) is -0.715. The summed E-state index contributed by atoms with van der Waals surface area (Å²) in [6.07, 6.45) is 4.56. The molecule has 4 heteroatoms. The van der Waals surface area contributed by atoms with Gasteiger partial charge in [-0.25, -0.2) is 4.79 Å². The molecular weight excluding hydrogens is 194 g/mol. The summed E-state index contributed by atoms with van der Waals surface area (Å²) in [7, 11) is 0.